The molecule has 0 amide bonds. The molecule has 216 valence electrons. The Bertz CT molecular complexity index is 1270. The van der Waals surface area contributed by atoms with Crippen molar-refractivity contribution < 1.29 is 37.8 Å². The minimum absolute atomic E-state index is 0.0184. The smallest absolute Gasteiger partial charge is 0.307 e. The lowest BCUT2D eigenvalue weighted by Crippen LogP contribution is -2.65. The predicted octanol–water partition coefficient (Wildman–Crippen LogP) is 2.03. The highest BCUT2D eigenvalue weighted by molar-refractivity contribution is 7.88. The molecule has 39 heavy (non-hydrogen) atoms. The molecule has 5 rings (SSSR count). The number of ketones is 2. The first-order chi connectivity index (χ1) is 18.1. The third kappa shape index (κ3) is 3.60. The first-order valence-corrected chi connectivity index (χ1v) is 15.9. The van der Waals surface area contributed by atoms with Crippen molar-refractivity contribution in [2.45, 2.75) is 71.9 Å². The second kappa shape index (κ2) is 9.06. The van der Waals surface area contributed by atoms with Gasteiger partial charge in [-0.25, -0.2) is 8.42 Å². The van der Waals surface area contributed by atoms with Crippen molar-refractivity contribution in [3.8, 4) is 0 Å². The van der Waals surface area contributed by atoms with Gasteiger partial charge in [0.15, 0.2) is 11.6 Å². The summed E-state index contributed by atoms with van der Waals surface area (Å²) in [5, 5.41) is 22.2. The third-order valence-corrected chi connectivity index (χ3v) is 13.2. The van der Waals surface area contributed by atoms with Gasteiger partial charge in [0.2, 0.25) is 10.0 Å². The summed E-state index contributed by atoms with van der Waals surface area (Å²) < 4.78 is 32.5. The van der Waals surface area contributed by atoms with E-state index in [9.17, 15) is 33.0 Å². The van der Waals surface area contributed by atoms with Gasteiger partial charge in [-0.3, -0.25) is 14.4 Å². The van der Waals surface area contributed by atoms with E-state index < -0.39 is 68.1 Å². The summed E-state index contributed by atoms with van der Waals surface area (Å²) in [7, 11) is -3.80. The van der Waals surface area contributed by atoms with E-state index in [-0.39, 0.29) is 43.6 Å². The van der Waals surface area contributed by atoms with Gasteiger partial charge in [-0.2, -0.15) is 4.31 Å². The van der Waals surface area contributed by atoms with Gasteiger partial charge >= 0.3 is 5.97 Å². The zero-order valence-electron chi connectivity index (χ0n) is 23.5. The second-order valence-electron chi connectivity index (χ2n) is 13.1. The number of carbonyl (C=O) groups excluding carboxylic acids is 3. The molecule has 9 atom stereocenters. The van der Waals surface area contributed by atoms with Crippen LogP contribution in [0.4, 0.5) is 0 Å². The van der Waals surface area contributed by atoms with Crippen LogP contribution in [0.2, 0.25) is 0 Å². The minimum Gasteiger partial charge on any atom is -0.466 e. The molecule has 2 N–H and O–H groups in total. The van der Waals surface area contributed by atoms with Crippen molar-refractivity contribution >= 4 is 27.6 Å². The van der Waals surface area contributed by atoms with Crippen LogP contribution in [-0.4, -0.2) is 78.6 Å². The van der Waals surface area contributed by atoms with E-state index in [0.717, 1.165) is 18.2 Å². The molecule has 0 aromatic heterocycles. The van der Waals surface area contributed by atoms with Crippen molar-refractivity contribution in [1.82, 2.24) is 4.31 Å². The number of hydrogen-bond acceptors (Lipinski definition) is 8. The fourth-order valence-electron chi connectivity index (χ4n) is 9.94. The number of aliphatic hydroxyl groups is 2. The van der Waals surface area contributed by atoms with Crippen LogP contribution < -0.4 is 0 Å². The maximum absolute atomic E-state index is 13.9. The van der Waals surface area contributed by atoms with Crippen molar-refractivity contribution in [3.63, 3.8) is 0 Å². The van der Waals surface area contributed by atoms with Crippen LogP contribution in [0.3, 0.4) is 0 Å². The third-order valence-electron chi connectivity index (χ3n) is 11.9. The van der Waals surface area contributed by atoms with Crippen molar-refractivity contribution in [2.24, 2.45) is 39.4 Å². The van der Waals surface area contributed by atoms with Gasteiger partial charge in [-0.05, 0) is 67.9 Å². The summed E-state index contributed by atoms with van der Waals surface area (Å²) in [6.45, 7) is 7.13. The number of ether oxygens (including phenoxy) is 1. The summed E-state index contributed by atoms with van der Waals surface area (Å²) in [4.78, 5) is 38.8. The molecular weight excluding hydrogens is 522 g/mol. The Balaban J connectivity index is 1.65. The van der Waals surface area contributed by atoms with Gasteiger partial charge < -0.3 is 14.9 Å². The van der Waals surface area contributed by atoms with E-state index in [4.69, 9.17) is 4.74 Å². The Morgan fingerprint density at radius 3 is 2.49 bits per heavy atom. The summed E-state index contributed by atoms with van der Waals surface area (Å²) in [5.41, 5.74) is -2.20. The van der Waals surface area contributed by atoms with Gasteiger partial charge in [0.1, 0.15) is 6.61 Å². The topological polar surface area (TPSA) is 138 Å². The largest absolute Gasteiger partial charge is 0.466 e. The summed E-state index contributed by atoms with van der Waals surface area (Å²) in [6, 6.07) is -0.776. The number of fused-ring (bicyclic) bond motifs is 7. The molecule has 1 saturated heterocycles. The highest BCUT2D eigenvalue weighted by Gasteiger charge is 2.77. The zero-order valence-corrected chi connectivity index (χ0v) is 24.3. The monoisotopic (exact) mass is 563 g/mol. The van der Waals surface area contributed by atoms with Gasteiger partial charge in [-0.15, -0.1) is 0 Å². The Hall–Kier alpha value is -1.88. The molecule has 9 unspecified atom stereocenters. The molecule has 3 saturated carbocycles. The first kappa shape index (κ1) is 28.6. The quantitative estimate of drug-likeness (QED) is 0.468. The van der Waals surface area contributed by atoms with Crippen LogP contribution in [0.15, 0.2) is 23.8 Å². The van der Waals surface area contributed by atoms with Gasteiger partial charge in [0.05, 0.1) is 30.8 Å². The first-order valence-electron chi connectivity index (χ1n) is 14.0. The molecule has 10 heteroatoms. The van der Waals surface area contributed by atoms with E-state index in [1.807, 2.05) is 13.0 Å². The van der Waals surface area contributed by atoms with Crippen LogP contribution in [-0.2, 0) is 29.1 Å². The molecule has 4 aliphatic carbocycles. The number of rotatable bonds is 6. The fraction of sp³-hybridized carbons (Fsp3) is 0.759. The van der Waals surface area contributed by atoms with Crippen molar-refractivity contribution in [2.75, 3.05) is 26.0 Å². The standard InChI is InChI=1S/C29H41NO8S/c1-6-38-25(35)13-22-21-12-20-19-8-7-17-11-18(32)9-10-26(17,2)28(19,4)23(33)14-27(20,3)29(21,24(34)15-31)16-30(22)39(5,36)37/h9-11,19-23,31,33H,6-8,12-16H2,1-5H3. The molecule has 0 aromatic rings. The van der Waals surface area contributed by atoms with E-state index in [1.54, 1.807) is 19.1 Å². The molecule has 0 radical (unpaired) electrons. The number of hydrogen-bond donors (Lipinski definition) is 2. The van der Waals surface area contributed by atoms with Crippen LogP contribution >= 0.6 is 0 Å². The highest BCUT2D eigenvalue weighted by atomic mass is 32.2. The molecule has 1 aliphatic heterocycles. The van der Waals surface area contributed by atoms with E-state index in [2.05, 4.69) is 13.8 Å². The SMILES string of the molecule is CCOC(=O)CC1C2CC3C4CCC5=CC(=O)C=CC5(C)C4(C)C(O)CC3(C)C2(C(=O)CO)CN1S(C)(=O)=O. The maximum atomic E-state index is 13.9. The molecule has 0 bridgehead atoms. The summed E-state index contributed by atoms with van der Waals surface area (Å²) in [5.74, 6) is -1.58. The average Bonchev–Trinajstić information content (AvgIpc) is 3.31. The summed E-state index contributed by atoms with van der Waals surface area (Å²) in [6.07, 6.45) is 7.46. The minimum atomic E-state index is -3.80. The van der Waals surface area contributed by atoms with Gasteiger partial charge in [0, 0.05) is 23.4 Å². The lowest BCUT2D eigenvalue weighted by atomic mass is 9.39. The molecule has 9 nitrogen and oxygen atoms in total. The molecule has 0 aromatic carbocycles. The molecule has 1 heterocycles. The van der Waals surface area contributed by atoms with Crippen LogP contribution in [0.25, 0.3) is 0 Å². The molecular formula is C29H41NO8S. The number of allylic oxidation sites excluding steroid dienone is 4. The lowest BCUT2D eigenvalue weighted by molar-refractivity contribution is -0.191. The van der Waals surface area contributed by atoms with E-state index in [0.29, 0.717) is 12.8 Å². The van der Waals surface area contributed by atoms with Crippen LogP contribution in [0, 0.1) is 39.4 Å². The molecule has 0 spiro atoms. The number of Topliss-reactive ketones (excluding diaryl/α,β-unsaturated/α-hetero) is 1. The molecule has 4 fully saturated rings. The van der Waals surface area contributed by atoms with E-state index in [1.165, 1.54) is 4.31 Å². The second-order valence-corrected chi connectivity index (χ2v) is 15.0. The van der Waals surface area contributed by atoms with Crippen molar-refractivity contribution in [1.29, 1.82) is 0 Å². The van der Waals surface area contributed by atoms with Gasteiger partial charge in [-0.1, -0.05) is 32.4 Å². The van der Waals surface area contributed by atoms with Crippen LogP contribution in [0.1, 0.15) is 59.8 Å². The lowest BCUT2D eigenvalue weighted by Gasteiger charge is -2.66. The number of carbonyl (C=O) groups is 3. The Morgan fingerprint density at radius 2 is 1.87 bits per heavy atom. The van der Waals surface area contributed by atoms with Crippen molar-refractivity contribution in [3.05, 3.63) is 23.8 Å². The van der Waals surface area contributed by atoms with Crippen LogP contribution in [0.5, 0.6) is 0 Å². The zero-order chi connectivity index (χ0) is 28.8. The molecule has 5 aliphatic rings. The number of esters is 1. The number of aliphatic hydroxyl groups excluding tert-OH is 2. The predicted molar refractivity (Wildman–Crippen MR) is 143 cm³/mol. The summed E-state index contributed by atoms with van der Waals surface area (Å²) >= 11 is 0. The average molecular weight is 564 g/mol. The normalized spacial score (nSPS) is 45.2. The number of nitrogens with zero attached hydrogens (tertiary/aromatic N) is 1. The Kier molecular flexibility index (Phi) is 6.65. The number of sulfonamides is 1. The highest BCUT2D eigenvalue weighted by Crippen LogP contribution is 2.76. The van der Waals surface area contributed by atoms with E-state index >= 15 is 0 Å². The van der Waals surface area contributed by atoms with Gasteiger partial charge in [0.25, 0.3) is 0 Å². The fourth-order valence-corrected chi connectivity index (χ4v) is 11.1. The maximum Gasteiger partial charge on any atom is 0.307 e. The Morgan fingerprint density at radius 1 is 1.18 bits per heavy atom. The Labute approximate surface area is 230 Å².